The van der Waals surface area contributed by atoms with Gasteiger partial charge in [-0.1, -0.05) is 13.0 Å². The first-order valence-corrected chi connectivity index (χ1v) is 6.48. The van der Waals surface area contributed by atoms with Crippen LogP contribution in [0.5, 0.6) is 0 Å². The molecule has 96 valence electrons. The molecule has 0 fully saturated rings. The Morgan fingerprint density at radius 1 is 1.33 bits per heavy atom. The molecule has 3 nitrogen and oxygen atoms in total. The smallest absolute Gasteiger partial charge is 0.105 e. The van der Waals surface area contributed by atoms with E-state index in [0.29, 0.717) is 6.04 Å². The fourth-order valence-electron chi connectivity index (χ4n) is 2.03. The van der Waals surface area contributed by atoms with E-state index in [2.05, 4.69) is 30.2 Å². The average Bonchev–Trinajstić information content (AvgIpc) is 2.89. The highest BCUT2D eigenvalue weighted by atomic mass is 16.3. The largest absolute Gasteiger partial charge is 0.469 e. The second-order valence-electron chi connectivity index (χ2n) is 4.53. The third kappa shape index (κ3) is 3.44. The SMILES string of the molecule is CCc1cccnc1CNC(C)Cc1ccco1. The number of hydrogen-bond acceptors (Lipinski definition) is 3. The number of aryl methyl sites for hydroxylation is 1. The molecule has 1 N–H and O–H groups in total. The molecular formula is C15H20N2O. The Labute approximate surface area is 108 Å². The molecule has 0 saturated heterocycles. The zero-order chi connectivity index (χ0) is 12.8. The van der Waals surface area contributed by atoms with E-state index in [1.165, 1.54) is 5.56 Å². The summed E-state index contributed by atoms with van der Waals surface area (Å²) in [4.78, 5) is 4.43. The molecule has 0 amide bonds. The van der Waals surface area contributed by atoms with Gasteiger partial charge in [-0.15, -0.1) is 0 Å². The van der Waals surface area contributed by atoms with Crippen molar-refractivity contribution in [2.24, 2.45) is 0 Å². The number of furan rings is 1. The van der Waals surface area contributed by atoms with Crippen molar-refractivity contribution in [3.05, 3.63) is 53.7 Å². The number of nitrogens with one attached hydrogen (secondary N) is 1. The van der Waals surface area contributed by atoms with Crippen LogP contribution in [0, 0.1) is 0 Å². The van der Waals surface area contributed by atoms with Crippen molar-refractivity contribution in [3.8, 4) is 0 Å². The van der Waals surface area contributed by atoms with Gasteiger partial charge < -0.3 is 9.73 Å². The predicted molar refractivity (Wildman–Crippen MR) is 72.3 cm³/mol. The highest BCUT2D eigenvalue weighted by Crippen LogP contribution is 2.08. The third-order valence-electron chi connectivity index (χ3n) is 3.07. The maximum absolute atomic E-state index is 5.35. The summed E-state index contributed by atoms with van der Waals surface area (Å²) in [6.07, 6.45) is 5.50. The number of nitrogens with zero attached hydrogens (tertiary/aromatic N) is 1. The Hall–Kier alpha value is -1.61. The Bertz CT molecular complexity index is 465. The van der Waals surface area contributed by atoms with Crippen LogP contribution in [0.2, 0.25) is 0 Å². The molecule has 0 aliphatic rings. The molecule has 0 saturated carbocycles. The van der Waals surface area contributed by atoms with Crippen LogP contribution in [-0.2, 0) is 19.4 Å². The summed E-state index contributed by atoms with van der Waals surface area (Å²) in [5.74, 6) is 1.02. The number of pyridine rings is 1. The van der Waals surface area contributed by atoms with Crippen molar-refractivity contribution in [1.29, 1.82) is 0 Å². The fourth-order valence-corrected chi connectivity index (χ4v) is 2.03. The summed E-state index contributed by atoms with van der Waals surface area (Å²) in [6.45, 7) is 5.13. The van der Waals surface area contributed by atoms with Crippen molar-refractivity contribution < 1.29 is 4.42 Å². The molecule has 1 atom stereocenters. The third-order valence-corrected chi connectivity index (χ3v) is 3.07. The number of rotatable bonds is 6. The van der Waals surface area contributed by atoms with Crippen molar-refractivity contribution in [2.45, 2.75) is 39.3 Å². The van der Waals surface area contributed by atoms with Gasteiger partial charge in [-0.05, 0) is 37.1 Å². The van der Waals surface area contributed by atoms with E-state index in [9.17, 15) is 0 Å². The zero-order valence-corrected chi connectivity index (χ0v) is 11.0. The van der Waals surface area contributed by atoms with Gasteiger partial charge in [0, 0.05) is 25.2 Å². The van der Waals surface area contributed by atoms with E-state index < -0.39 is 0 Å². The van der Waals surface area contributed by atoms with E-state index in [0.717, 1.165) is 30.8 Å². The summed E-state index contributed by atoms with van der Waals surface area (Å²) in [6, 6.07) is 8.45. The summed E-state index contributed by atoms with van der Waals surface area (Å²) >= 11 is 0. The molecule has 0 spiro atoms. The van der Waals surface area contributed by atoms with Gasteiger partial charge in [-0.25, -0.2) is 0 Å². The molecule has 2 rings (SSSR count). The highest BCUT2D eigenvalue weighted by Gasteiger charge is 2.07. The van der Waals surface area contributed by atoms with Gasteiger partial charge in [0.1, 0.15) is 5.76 Å². The molecule has 18 heavy (non-hydrogen) atoms. The van der Waals surface area contributed by atoms with Crippen LogP contribution in [0.15, 0.2) is 41.1 Å². The second kappa shape index (κ2) is 6.36. The first-order valence-electron chi connectivity index (χ1n) is 6.48. The van der Waals surface area contributed by atoms with E-state index in [1.807, 2.05) is 24.4 Å². The minimum absolute atomic E-state index is 0.378. The van der Waals surface area contributed by atoms with Crippen LogP contribution in [0.1, 0.15) is 30.9 Å². The van der Waals surface area contributed by atoms with Crippen molar-refractivity contribution >= 4 is 0 Å². The molecule has 2 aromatic rings. The first-order chi connectivity index (χ1) is 8.79. The Morgan fingerprint density at radius 2 is 2.22 bits per heavy atom. The first kappa shape index (κ1) is 12.8. The van der Waals surface area contributed by atoms with E-state index in [-0.39, 0.29) is 0 Å². The van der Waals surface area contributed by atoms with Gasteiger partial charge in [-0.2, -0.15) is 0 Å². The van der Waals surface area contributed by atoms with E-state index in [4.69, 9.17) is 4.42 Å². The van der Waals surface area contributed by atoms with Crippen LogP contribution in [0.25, 0.3) is 0 Å². The second-order valence-corrected chi connectivity index (χ2v) is 4.53. The van der Waals surface area contributed by atoms with Gasteiger partial charge in [-0.3, -0.25) is 4.98 Å². The number of aromatic nitrogens is 1. The molecule has 3 heteroatoms. The summed E-state index contributed by atoms with van der Waals surface area (Å²) < 4.78 is 5.35. The minimum atomic E-state index is 0.378. The summed E-state index contributed by atoms with van der Waals surface area (Å²) in [7, 11) is 0. The molecule has 1 unspecified atom stereocenters. The van der Waals surface area contributed by atoms with Crippen LogP contribution in [-0.4, -0.2) is 11.0 Å². The van der Waals surface area contributed by atoms with Crippen LogP contribution in [0.4, 0.5) is 0 Å². The lowest BCUT2D eigenvalue weighted by Gasteiger charge is -2.13. The summed E-state index contributed by atoms with van der Waals surface area (Å²) in [5, 5.41) is 3.49. The van der Waals surface area contributed by atoms with E-state index >= 15 is 0 Å². The topological polar surface area (TPSA) is 38.1 Å². The van der Waals surface area contributed by atoms with Crippen molar-refractivity contribution in [1.82, 2.24) is 10.3 Å². The maximum Gasteiger partial charge on any atom is 0.105 e. The van der Waals surface area contributed by atoms with Crippen molar-refractivity contribution in [2.75, 3.05) is 0 Å². The summed E-state index contributed by atoms with van der Waals surface area (Å²) in [5.41, 5.74) is 2.46. The van der Waals surface area contributed by atoms with E-state index in [1.54, 1.807) is 6.26 Å². The number of hydrogen-bond donors (Lipinski definition) is 1. The van der Waals surface area contributed by atoms with Gasteiger partial charge in [0.05, 0.1) is 12.0 Å². The Balaban J connectivity index is 1.87. The molecule has 2 heterocycles. The Morgan fingerprint density at radius 3 is 2.94 bits per heavy atom. The van der Waals surface area contributed by atoms with Gasteiger partial charge in [0.25, 0.3) is 0 Å². The normalized spacial score (nSPS) is 12.6. The van der Waals surface area contributed by atoms with Gasteiger partial charge >= 0.3 is 0 Å². The lowest BCUT2D eigenvalue weighted by Crippen LogP contribution is -2.28. The molecule has 0 aromatic carbocycles. The standard InChI is InChI=1S/C15H20N2O/c1-3-13-6-4-8-16-15(13)11-17-12(2)10-14-7-5-9-18-14/h4-9,12,17H,3,10-11H2,1-2H3. The quantitative estimate of drug-likeness (QED) is 0.849. The molecular weight excluding hydrogens is 224 g/mol. The maximum atomic E-state index is 5.35. The van der Waals surface area contributed by atoms with Gasteiger partial charge in [0.15, 0.2) is 0 Å². The monoisotopic (exact) mass is 244 g/mol. The highest BCUT2D eigenvalue weighted by molar-refractivity contribution is 5.19. The van der Waals surface area contributed by atoms with Crippen molar-refractivity contribution in [3.63, 3.8) is 0 Å². The molecule has 0 bridgehead atoms. The fraction of sp³-hybridized carbons (Fsp3) is 0.400. The lowest BCUT2D eigenvalue weighted by atomic mass is 10.1. The zero-order valence-electron chi connectivity index (χ0n) is 11.0. The van der Waals surface area contributed by atoms with Crippen LogP contribution < -0.4 is 5.32 Å². The molecule has 0 aliphatic heterocycles. The molecule has 2 aromatic heterocycles. The minimum Gasteiger partial charge on any atom is -0.469 e. The van der Waals surface area contributed by atoms with Gasteiger partial charge in [0.2, 0.25) is 0 Å². The molecule has 0 radical (unpaired) electrons. The predicted octanol–water partition coefficient (Wildman–Crippen LogP) is 2.96. The van der Waals surface area contributed by atoms with Crippen LogP contribution >= 0.6 is 0 Å². The Kier molecular flexibility index (Phi) is 4.53. The lowest BCUT2D eigenvalue weighted by molar-refractivity contribution is 0.454. The molecule has 0 aliphatic carbocycles. The average molecular weight is 244 g/mol. The van der Waals surface area contributed by atoms with Crippen LogP contribution in [0.3, 0.4) is 0 Å².